The Bertz CT molecular complexity index is 1020. The predicted octanol–water partition coefficient (Wildman–Crippen LogP) is 5.01. The highest BCUT2D eigenvalue weighted by Gasteiger charge is 2.10. The number of oxime groups is 1. The van der Waals surface area contributed by atoms with Crippen molar-refractivity contribution in [3.63, 3.8) is 0 Å². The minimum absolute atomic E-state index is 0.224. The van der Waals surface area contributed by atoms with Crippen molar-refractivity contribution < 1.29 is 19.1 Å². The first-order valence-corrected chi connectivity index (χ1v) is 9.50. The van der Waals surface area contributed by atoms with Gasteiger partial charge in [-0.1, -0.05) is 59.2 Å². The van der Waals surface area contributed by atoms with Gasteiger partial charge in [0.25, 0.3) is 5.91 Å². The molecule has 7 heteroatoms. The molecule has 1 N–H and O–H groups in total. The van der Waals surface area contributed by atoms with Gasteiger partial charge in [0.1, 0.15) is 0 Å². The van der Waals surface area contributed by atoms with Crippen molar-refractivity contribution in [3.8, 4) is 22.6 Å². The first-order chi connectivity index (χ1) is 14.6. The van der Waals surface area contributed by atoms with E-state index in [1.807, 2.05) is 54.6 Å². The zero-order valence-electron chi connectivity index (χ0n) is 16.6. The number of anilines is 1. The zero-order chi connectivity index (χ0) is 21.3. The number of carbonyl (C=O) groups is 1. The van der Waals surface area contributed by atoms with Crippen LogP contribution in [0.3, 0.4) is 0 Å². The molecule has 3 aromatic carbocycles. The quantitative estimate of drug-likeness (QED) is 0.407. The van der Waals surface area contributed by atoms with Crippen LogP contribution < -0.4 is 14.8 Å². The lowest BCUT2D eigenvalue weighted by molar-refractivity contribution is -0.120. The normalized spacial score (nSPS) is 10.6. The third-order valence-corrected chi connectivity index (χ3v) is 4.48. The molecule has 0 aliphatic heterocycles. The van der Waals surface area contributed by atoms with Crippen molar-refractivity contribution in [2.75, 3.05) is 26.1 Å². The second-order valence-corrected chi connectivity index (χ2v) is 6.64. The summed E-state index contributed by atoms with van der Waals surface area (Å²) in [6.07, 6.45) is 1.44. The van der Waals surface area contributed by atoms with Crippen molar-refractivity contribution in [2.24, 2.45) is 5.16 Å². The SMILES string of the molecule is COc1cc(/C=N/OCC(=O)Nc2ccc(-c3ccccc3)cc2)cc(Cl)c1OC. The average molecular weight is 425 g/mol. The second kappa shape index (κ2) is 10.3. The highest BCUT2D eigenvalue weighted by molar-refractivity contribution is 6.32. The van der Waals surface area contributed by atoms with E-state index in [9.17, 15) is 4.79 Å². The highest BCUT2D eigenvalue weighted by Crippen LogP contribution is 2.35. The van der Waals surface area contributed by atoms with E-state index in [0.29, 0.717) is 27.8 Å². The minimum Gasteiger partial charge on any atom is -0.493 e. The monoisotopic (exact) mass is 424 g/mol. The van der Waals surface area contributed by atoms with Crippen LogP contribution >= 0.6 is 11.6 Å². The van der Waals surface area contributed by atoms with Crippen LogP contribution in [0.2, 0.25) is 5.02 Å². The van der Waals surface area contributed by atoms with Gasteiger partial charge >= 0.3 is 0 Å². The van der Waals surface area contributed by atoms with E-state index in [1.54, 1.807) is 12.1 Å². The Balaban J connectivity index is 1.52. The maximum absolute atomic E-state index is 12.0. The topological polar surface area (TPSA) is 69.2 Å². The summed E-state index contributed by atoms with van der Waals surface area (Å²) in [7, 11) is 3.02. The van der Waals surface area contributed by atoms with Gasteiger partial charge in [-0.05, 0) is 35.4 Å². The molecule has 3 aromatic rings. The smallest absolute Gasteiger partial charge is 0.265 e. The molecule has 0 aliphatic carbocycles. The molecule has 0 radical (unpaired) electrons. The second-order valence-electron chi connectivity index (χ2n) is 6.24. The summed E-state index contributed by atoms with van der Waals surface area (Å²) in [6.45, 7) is -0.224. The minimum atomic E-state index is -0.315. The van der Waals surface area contributed by atoms with E-state index in [4.69, 9.17) is 25.9 Å². The molecule has 0 aromatic heterocycles. The Morgan fingerprint density at radius 2 is 1.70 bits per heavy atom. The summed E-state index contributed by atoms with van der Waals surface area (Å²) in [6, 6.07) is 20.9. The molecular formula is C23H21ClN2O4. The van der Waals surface area contributed by atoms with Gasteiger partial charge in [-0.25, -0.2) is 0 Å². The van der Waals surface area contributed by atoms with Crippen LogP contribution in [0, 0.1) is 0 Å². The third kappa shape index (κ3) is 5.52. The van der Waals surface area contributed by atoms with Crippen molar-refractivity contribution >= 4 is 29.4 Å². The molecule has 0 unspecified atom stereocenters. The fraction of sp³-hybridized carbons (Fsp3) is 0.130. The molecule has 154 valence electrons. The number of carbonyl (C=O) groups excluding carboxylic acids is 1. The Morgan fingerprint density at radius 3 is 2.37 bits per heavy atom. The van der Waals surface area contributed by atoms with Gasteiger partial charge in [-0.15, -0.1) is 0 Å². The van der Waals surface area contributed by atoms with Crippen molar-refractivity contribution in [1.29, 1.82) is 0 Å². The standard InChI is InChI=1S/C23H21ClN2O4/c1-28-21-13-16(12-20(24)23(21)29-2)14-25-30-15-22(27)26-19-10-8-18(9-11-19)17-6-4-3-5-7-17/h3-14H,15H2,1-2H3,(H,26,27)/b25-14+. The maximum Gasteiger partial charge on any atom is 0.265 e. The number of nitrogens with zero attached hydrogens (tertiary/aromatic N) is 1. The lowest BCUT2D eigenvalue weighted by Gasteiger charge is -2.09. The van der Waals surface area contributed by atoms with Gasteiger partial charge in [-0.3, -0.25) is 4.79 Å². The molecule has 0 saturated carbocycles. The van der Waals surface area contributed by atoms with Gasteiger partial charge in [0.2, 0.25) is 0 Å². The maximum atomic E-state index is 12.0. The summed E-state index contributed by atoms with van der Waals surface area (Å²) >= 11 is 6.15. The number of benzene rings is 3. The van der Waals surface area contributed by atoms with E-state index in [1.165, 1.54) is 20.4 Å². The first-order valence-electron chi connectivity index (χ1n) is 9.13. The molecule has 0 heterocycles. The number of nitrogens with one attached hydrogen (secondary N) is 1. The van der Waals surface area contributed by atoms with Crippen molar-refractivity contribution in [3.05, 3.63) is 77.3 Å². The van der Waals surface area contributed by atoms with E-state index in [2.05, 4.69) is 10.5 Å². The Hall–Kier alpha value is -3.51. The van der Waals surface area contributed by atoms with Crippen LogP contribution in [0.1, 0.15) is 5.56 Å². The highest BCUT2D eigenvalue weighted by atomic mass is 35.5. The van der Waals surface area contributed by atoms with Gasteiger partial charge in [-0.2, -0.15) is 0 Å². The fourth-order valence-electron chi connectivity index (χ4n) is 2.78. The number of ether oxygens (including phenoxy) is 2. The Labute approximate surface area is 180 Å². The van der Waals surface area contributed by atoms with Crippen molar-refractivity contribution in [2.45, 2.75) is 0 Å². The largest absolute Gasteiger partial charge is 0.493 e. The predicted molar refractivity (Wildman–Crippen MR) is 119 cm³/mol. The number of halogens is 1. The summed E-state index contributed by atoms with van der Waals surface area (Å²) in [5.41, 5.74) is 3.51. The third-order valence-electron chi connectivity index (χ3n) is 4.20. The molecule has 6 nitrogen and oxygen atoms in total. The molecular weight excluding hydrogens is 404 g/mol. The zero-order valence-corrected chi connectivity index (χ0v) is 17.3. The van der Waals surface area contributed by atoms with Crippen LogP contribution in [0.5, 0.6) is 11.5 Å². The lowest BCUT2D eigenvalue weighted by Crippen LogP contribution is -2.16. The molecule has 0 saturated heterocycles. The Morgan fingerprint density at radius 1 is 1.00 bits per heavy atom. The van der Waals surface area contributed by atoms with Crippen LogP contribution in [0.15, 0.2) is 71.9 Å². The van der Waals surface area contributed by atoms with Gasteiger partial charge in [0.05, 0.1) is 25.5 Å². The van der Waals surface area contributed by atoms with E-state index >= 15 is 0 Å². The Kier molecular flexibility index (Phi) is 7.29. The van der Waals surface area contributed by atoms with Crippen LogP contribution in [-0.2, 0) is 9.63 Å². The van der Waals surface area contributed by atoms with Gasteiger partial charge < -0.3 is 19.6 Å². The fourth-order valence-corrected chi connectivity index (χ4v) is 3.08. The van der Waals surface area contributed by atoms with Gasteiger partial charge in [0.15, 0.2) is 18.1 Å². The van der Waals surface area contributed by atoms with E-state index in [0.717, 1.165) is 11.1 Å². The van der Waals surface area contributed by atoms with Crippen LogP contribution in [-0.4, -0.2) is 32.9 Å². The van der Waals surface area contributed by atoms with Crippen molar-refractivity contribution in [1.82, 2.24) is 0 Å². The molecule has 0 bridgehead atoms. The molecule has 0 atom stereocenters. The summed E-state index contributed by atoms with van der Waals surface area (Å²) in [4.78, 5) is 17.1. The van der Waals surface area contributed by atoms with Gasteiger partial charge in [0, 0.05) is 11.3 Å². The summed E-state index contributed by atoms with van der Waals surface area (Å²) < 4.78 is 10.4. The summed E-state index contributed by atoms with van der Waals surface area (Å²) in [5, 5.41) is 6.96. The molecule has 0 aliphatic rings. The number of methoxy groups -OCH3 is 2. The average Bonchev–Trinajstić information content (AvgIpc) is 2.77. The number of rotatable bonds is 8. The van der Waals surface area contributed by atoms with E-state index < -0.39 is 0 Å². The first kappa shape index (κ1) is 21.2. The molecule has 0 fully saturated rings. The molecule has 30 heavy (non-hydrogen) atoms. The molecule has 0 spiro atoms. The number of hydrogen-bond donors (Lipinski definition) is 1. The van der Waals surface area contributed by atoms with Crippen LogP contribution in [0.25, 0.3) is 11.1 Å². The summed E-state index contributed by atoms with van der Waals surface area (Å²) in [5.74, 6) is 0.600. The molecule has 3 rings (SSSR count). The lowest BCUT2D eigenvalue weighted by atomic mass is 10.1. The number of amides is 1. The molecule has 1 amide bonds. The van der Waals surface area contributed by atoms with E-state index in [-0.39, 0.29) is 12.5 Å². The van der Waals surface area contributed by atoms with Crippen LogP contribution in [0.4, 0.5) is 5.69 Å². The number of hydrogen-bond acceptors (Lipinski definition) is 5.